The monoisotopic (exact) mass is 332 g/mol. The summed E-state index contributed by atoms with van der Waals surface area (Å²) >= 11 is 0. The Kier molecular flexibility index (Phi) is 6.24. The molecule has 2 fully saturated rings. The molecule has 3 rings (SSSR count). The zero-order chi connectivity index (χ0) is 16.8. The number of rotatable bonds is 5. The minimum atomic E-state index is -0.290. The van der Waals surface area contributed by atoms with Crippen molar-refractivity contribution in [3.05, 3.63) is 35.9 Å². The lowest BCUT2D eigenvalue weighted by atomic mass is 9.91. The topological polar surface area (TPSA) is 50.8 Å². The van der Waals surface area contributed by atoms with Gasteiger partial charge in [0.15, 0.2) is 0 Å². The summed E-state index contributed by atoms with van der Waals surface area (Å²) in [5, 5.41) is 3.61. The number of hydrogen-bond donors (Lipinski definition) is 1. The van der Waals surface area contributed by atoms with Crippen molar-refractivity contribution in [2.75, 3.05) is 39.5 Å². The van der Waals surface area contributed by atoms with Crippen LogP contribution in [0.1, 0.15) is 31.4 Å². The third-order valence-electron chi connectivity index (χ3n) is 5.11. The number of nitrogens with zero attached hydrogens (tertiary/aromatic N) is 1. The van der Waals surface area contributed by atoms with Crippen LogP contribution in [0.4, 0.5) is 0 Å². The van der Waals surface area contributed by atoms with Crippen molar-refractivity contribution in [3.8, 4) is 0 Å². The quantitative estimate of drug-likeness (QED) is 0.896. The minimum absolute atomic E-state index is 0.156. The van der Waals surface area contributed by atoms with Crippen molar-refractivity contribution in [1.29, 1.82) is 0 Å². The van der Waals surface area contributed by atoms with Gasteiger partial charge >= 0.3 is 0 Å². The van der Waals surface area contributed by atoms with Crippen LogP contribution in [0, 0.1) is 5.92 Å². The number of carbonyl (C=O) groups excluding carboxylic acids is 1. The molecule has 2 aliphatic rings. The van der Waals surface area contributed by atoms with Crippen LogP contribution in [0.15, 0.2) is 30.3 Å². The molecule has 2 heterocycles. The van der Waals surface area contributed by atoms with Crippen LogP contribution in [0.25, 0.3) is 0 Å². The normalized spacial score (nSPS) is 22.1. The van der Waals surface area contributed by atoms with Gasteiger partial charge in [0.05, 0.1) is 13.2 Å². The Bertz CT molecular complexity index is 511. The van der Waals surface area contributed by atoms with E-state index in [1.807, 2.05) is 35.2 Å². The highest BCUT2D eigenvalue weighted by Crippen LogP contribution is 2.23. The summed E-state index contributed by atoms with van der Waals surface area (Å²) in [4.78, 5) is 15.0. The molecule has 2 atom stereocenters. The van der Waals surface area contributed by atoms with E-state index in [4.69, 9.17) is 9.47 Å². The fraction of sp³-hybridized carbons (Fsp3) is 0.632. The van der Waals surface area contributed by atoms with Crippen LogP contribution in [0.3, 0.4) is 0 Å². The maximum Gasteiger partial charge on any atom is 0.244 e. The van der Waals surface area contributed by atoms with Crippen LogP contribution in [0.5, 0.6) is 0 Å². The highest BCUT2D eigenvalue weighted by Gasteiger charge is 2.30. The van der Waals surface area contributed by atoms with E-state index in [0.717, 1.165) is 31.6 Å². The molecule has 1 N–H and O–H groups in total. The maximum absolute atomic E-state index is 13.1. The summed E-state index contributed by atoms with van der Waals surface area (Å²) in [5.41, 5.74) is 1.04. The van der Waals surface area contributed by atoms with Crippen molar-refractivity contribution in [2.24, 2.45) is 5.92 Å². The van der Waals surface area contributed by atoms with Gasteiger partial charge in [0, 0.05) is 32.3 Å². The molecule has 132 valence electrons. The molecular formula is C19H28N2O3. The van der Waals surface area contributed by atoms with Gasteiger partial charge in [0.1, 0.15) is 6.04 Å². The first kappa shape index (κ1) is 17.4. The molecule has 0 bridgehead atoms. The number of benzene rings is 1. The Balaban J connectivity index is 1.73. The molecule has 1 amide bonds. The average Bonchev–Trinajstić information content (AvgIpc) is 2.67. The molecular weight excluding hydrogens is 304 g/mol. The molecule has 24 heavy (non-hydrogen) atoms. The Hall–Kier alpha value is -1.43. The van der Waals surface area contributed by atoms with E-state index < -0.39 is 0 Å². The largest absolute Gasteiger partial charge is 0.381 e. The molecule has 0 radical (unpaired) electrons. The lowest BCUT2D eigenvalue weighted by Gasteiger charge is -2.35. The van der Waals surface area contributed by atoms with Crippen LogP contribution in [-0.2, 0) is 14.3 Å². The van der Waals surface area contributed by atoms with Gasteiger partial charge < -0.3 is 14.4 Å². The lowest BCUT2D eigenvalue weighted by Crippen LogP contribution is -2.49. The average molecular weight is 332 g/mol. The molecule has 5 nitrogen and oxygen atoms in total. The summed E-state index contributed by atoms with van der Waals surface area (Å²) in [6.45, 7) is 6.45. The molecule has 0 spiro atoms. The Morgan fingerprint density at radius 1 is 1.08 bits per heavy atom. The lowest BCUT2D eigenvalue weighted by molar-refractivity contribution is -0.138. The molecule has 0 aliphatic carbocycles. The summed E-state index contributed by atoms with van der Waals surface area (Å²) in [6.07, 6.45) is 2.11. The van der Waals surface area contributed by atoms with Gasteiger partial charge in [0.25, 0.3) is 0 Å². The van der Waals surface area contributed by atoms with Gasteiger partial charge in [-0.15, -0.1) is 0 Å². The van der Waals surface area contributed by atoms with E-state index in [0.29, 0.717) is 32.2 Å². The first-order valence-corrected chi connectivity index (χ1v) is 9.01. The number of carbonyl (C=O) groups is 1. The van der Waals surface area contributed by atoms with Gasteiger partial charge in [-0.3, -0.25) is 10.1 Å². The minimum Gasteiger partial charge on any atom is -0.381 e. The summed E-state index contributed by atoms with van der Waals surface area (Å²) in [6, 6.07) is 10.0. The number of hydrogen-bond acceptors (Lipinski definition) is 4. The van der Waals surface area contributed by atoms with E-state index >= 15 is 0 Å². The number of nitrogens with one attached hydrogen (secondary N) is 1. The molecule has 1 aromatic carbocycles. The van der Waals surface area contributed by atoms with Gasteiger partial charge in [-0.05, 0) is 31.2 Å². The van der Waals surface area contributed by atoms with Crippen LogP contribution >= 0.6 is 0 Å². The standard InChI is InChI=1S/C19H28N2O3/c1-15(16-7-11-23-12-8-16)20-18(17-5-3-2-4-6-17)19(22)21-9-13-24-14-10-21/h2-6,15-16,18,20H,7-14H2,1H3. The number of morpholine rings is 1. The summed E-state index contributed by atoms with van der Waals surface area (Å²) in [7, 11) is 0. The number of ether oxygens (including phenoxy) is 2. The highest BCUT2D eigenvalue weighted by atomic mass is 16.5. The van der Waals surface area contributed by atoms with E-state index in [9.17, 15) is 4.79 Å². The van der Waals surface area contributed by atoms with Crippen molar-refractivity contribution >= 4 is 5.91 Å². The third kappa shape index (κ3) is 4.35. The molecule has 1 aromatic rings. The van der Waals surface area contributed by atoms with Gasteiger partial charge in [-0.2, -0.15) is 0 Å². The predicted molar refractivity (Wildman–Crippen MR) is 92.7 cm³/mol. The van der Waals surface area contributed by atoms with E-state index in [-0.39, 0.29) is 18.0 Å². The SMILES string of the molecule is CC(NC(C(=O)N1CCOCC1)c1ccccc1)C1CCOCC1. The zero-order valence-electron chi connectivity index (χ0n) is 14.4. The van der Waals surface area contributed by atoms with Crippen LogP contribution < -0.4 is 5.32 Å². The first-order valence-electron chi connectivity index (χ1n) is 9.01. The smallest absolute Gasteiger partial charge is 0.244 e. The van der Waals surface area contributed by atoms with Crippen molar-refractivity contribution in [1.82, 2.24) is 10.2 Å². The van der Waals surface area contributed by atoms with E-state index in [2.05, 4.69) is 12.2 Å². The molecule has 5 heteroatoms. The molecule has 2 aliphatic heterocycles. The zero-order valence-corrected chi connectivity index (χ0v) is 14.4. The Morgan fingerprint density at radius 3 is 2.38 bits per heavy atom. The number of amides is 1. The molecule has 2 saturated heterocycles. The van der Waals surface area contributed by atoms with Gasteiger partial charge in [-0.25, -0.2) is 0 Å². The van der Waals surface area contributed by atoms with Crippen molar-refractivity contribution in [2.45, 2.75) is 31.8 Å². The highest BCUT2D eigenvalue weighted by molar-refractivity contribution is 5.83. The molecule has 0 saturated carbocycles. The second kappa shape index (κ2) is 8.60. The maximum atomic E-state index is 13.1. The summed E-state index contributed by atoms with van der Waals surface area (Å²) < 4.78 is 10.8. The Morgan fingerprint density at radius 2 is 1.71 bits per heavy atom. The van der Waals surface area contributed by atoms with Crippen LogP contribution in [-0.4, -0.2) is 56.4 Å². The second-order valence-corrected chi connectivity index (χ2v) is 6.69. The van der Waals surface area contributed by atoms with Crippen molar-refractivity contribution < 1.29 is 14.3 Å². The fourth-order valence-electron chi connectivity index (χ4n) is 3.54. The fourth-order valence-corrected chi connectivity index (χ4v) is 3.54. The van der Waals surface area contributed by atoms with E-state index in [1.54, 1.807) is 0 Å². The second-order valence-electron chi connectivity index (χ2n) is 6.69. The summed E-state index contributed by atoms with van der Waals surface area (Å²) in [5.74, 6) is 0.714. The van der Waals surface area contributed by atoms with Crippen molar-refractivity contribution in [3.63, 3.8) is 0 Å². The predicted octanol–water partition coefficient (Wildman–Crippen LogP) is 1.99. The first-order chi connectivity index (χ1) is 11.8. The van der Waals surface area contributed by atoms with Crippen LogP contribution in [0.2, 0.25) is 0 Å². The molecule has 0 aromatic heterocycles. The van der Waals surface area contributed by atoms with Gasteiger partial charge in [0.2, 0.25) is 5.91 Å². The third-order valence-corrected chi connectivity index (χ3v) is 5.11. The van der Waals surface area contributed by atoms with Gasteiger partial charge in [-0.1, -0.05) is 30.3 Å². The Labute approximate surface area is 144 Å². The molecule has 2 unspecified atom stereocenters. The van der Waals surface area contributed by atoms with E-state index in [1.165, 1.54) is 0 Å².